The SMILES string of the molecule is CCCCCC[n+]1noc(N)c1-c1cccc(-c2c(N)on[n+]2CCCCCC)c1. The molecule has 162 valence electrons. The first-order chi connectivity index (χ1) is 14.7. The highest BCUT2D eigenvalue weighted by Crippen LogP contribution is 2.28. The van der Waals surface area contributed by atoms with Crippen LogP contribution in [-0.4, -0.2) is 10.5 Å². The monoisotopic (exact) mass is 414 g/mol. The Kier molecular flexibility index (Phi) is 7.82. The minimum Gasteiger partial charge on any atom is -0.362 e. The van der Waals surface area contributed by atoms with Crippen LogP contribution in [0, 0.1) is 0 Å². The molecule has 0 spiro atoms. The van der Waals surface area contributed by atoms with Gasteiger partial charge in [0, 0.05) is 12.8 Å². The number of rotatable bonds is 12. The summed E-state index contributed by atoms with van der Waals surface area (Å²) in [6.45, 7) is 5.94. The summed E-state index contributed by atoms with van der Waals surface area (Å²) in [4.78, 5) is 0. The first-order valence-corrected chi connectivity index (χ1v) is 11.1. The zero-order valence-electron chi connectivity index (χ0n) is 18.1. The van der Waals surface area contributed by atoms with Gasteiger partial charge in [-0.2, -0.15) is 0 Å². The lowest BCUT2D eigenvalue weighted by atomic mass is 10.1. The molecule has 0 atom stereocenters. The van der Waals surface area contributed by atoms with Crippen molar-refractivity contribution in [3.05, 3.63) is 24.3 Å². The molecule has 0 aliphatic carbocycles. The van der Waals surface area contributed by atoms with E-state index < -0.39 is 0 Å². The Morgan fingerprint density at radius 2 is 1.20 bits per heavy atom. The minimum absolute atomic E-state index is 0.313. The second kappa shape index (κ2) is 10.8. The molecule has 0 saturated carbocycles. The normalized spacial score (nSPS) is 11.3. The van der Waals surface area contributed by atoms with E-state index in [4.69, 9.17) is 20.5 Å². The quantitative estimate of drug-likeness (QED) is 0.343. The Morgan fingerprint density at radius 3 is 1.63 bits per heavy atom. The molecule has 2 heterocycles. The fourth-order valence-electron chi connectivity index (χ4n) is 3.69. The summed E-state index contributed by atoms with van der Waals surface area (Å²) in [7, 11) is 0. The third kappa shape index (κ3) is 5.17. The minimum atomic E-state index is 0.313. The number of nitrogens with two attached hydrogens (primary N) is 2. The van der Waals surface area contributed by atoms with Crippen LogP contribution >= 0.6 is 0 Å². The van der Waals surface area contributed by atoms with E-state index in [-0.39, 0.29) is 0 Å². The zero-order chi connectivity index (χ0) is 21.3. The van der Waals surface area contributed by atoms with Crippen LogP contribution in [0.25, 0.3) is 22.5 Å². The fourth-order valence-corrected chi connectivity index (χ4v) is 3.69. The van der Waals surface area contributed by atoms with Crippen molar-refractivity contribution in [2.45, 2.75) is 78.3 Å². The van der Waals surface area contributed by atoms with Crippen LogP contribution in [0.1, 0.15) is 65.2 Å². The summed E-state index contributed by atoms with van der Waals surface area (Å²) in [6.07, 6.45) is 9.20. The maximum atomic E-state index is 6.12. The molecule has 8 nitrogen and oxygen atoms in total. The van der Waals surface area contributed by atoms with Crippen molar-refractivity contribution in [1.82, 2.24) is 10.5 Å². The number of nitrogen functional groups attached to an aromatic ring is 2. The highest BCUT2D eigenvalue weighted by Gasteiger charge is 2.28. The maximum Gasteiger partial charge on any atom is 0.304 e. The second-order valence-corrected chi connectivity index (χ2v) is 7.72. The average Bonchev–Trinajstić information content (AvgIpc) is 3.31. The molecule has 3 aromatic rings. The number of anilines is 2. The first-order valence-electron chi connectivity index (χ1n) is 11.1. The molecule has 8 heteroatoms. The van der Waals surface area contributed by atoms with Crippen LogP contribution in [0.2, 0.25) is 0 Å². The van der Waals surface area contributed by atoms with Crippen molar-refractivity contribution >= 4 is 11.8 Å². The predicted octanol–water partition coefficient (Wildman–Crippen LogP) is 3.90. The summed E-state index contributed by atoms with van der Waals surface area (Å²) < 4.78 is 14.3. The third-order valence-electron chi connectivity index (χ3n) is 5.31. The van der Waals surface area contributed by atoms with Gasteiger partial charge in [0.25, 0.3) is 0 Å². The molecule has 0 aliphatic heterocycles. The van der Waals surface area contributed by atoms with Gasteiger partial charge in [-0.05, 0) is 40.4 Å². The lowest BCUT2D eigenvalue weighted by Gasteiger charge is -2.00. The number of hydrogen-bond donors (Lipinski definition) is 2. The van der Waals surface area contributed by atoms with Gasteiger partial charge in [0.1, 0.15) is 0 Å². The molecule has 2 aromatic heterocycles. The van der Waals surface area contributed by atoms with Crippen molar-refractivity contribution in [1.29, 1.82) is 0 Å². The van der Waals surface area contributed by atoms with Crippen molar-refractivity contribution in [2.24, 2.45) is 0 Å². The highest BCUT2D eigenvalue weighted by atomic mass is 16.5. The number of aromatic nitrogens is 4. The van der Waals surface area contributed by atoms with Crippen LogP contribution < -0.4 is 20.8 Å². The summed E-state index contributed by atoms with van der Waals surface area (Å²) in [5, 5.41) is 8.26. The van der Waals surface area contributed by atoms with E-state index in [1.807, 2.05) is 33.6 Å². The Balaban J connectivity index is 1.84. The average molecular weight is 415 g/mol. The van der Waals surface area contributed by atoms with Gasteiger partial charge in [-0.1, -0.05) is 45.6 Å². The molecule has 4 N–H and O–H groups in total. The molecule has 0 aliphatic rings. The number of aryl methyl sites for hydroxylation is 2. The van der Waals surface area contributed by atoms with E-state index in [1.54, 1.807) is 0 Å². The highest BCUT2D eigenvalue weighted by molar-refractivity contribution is 5.74. The van der Waals surface area contributed by atoms with E-state index in [0.29, 0.717) is 11.8 Å². The van der Waals surface area contributed by atoms with Crippen LogP contribution in [0.15, 0.2) is 33.3 Å². The predicted molar refractivity (Wildman–Crippen MR) is 115 cm³/mol. The number of hydrogen-bond acceptors (Lipinski definition) is 6. The Hall–Kier alpha value is -2.90. The molecule has 0 fully saturated rings. The molecule has 3 rings (SSSR count). The van der Waals surface area contributed by atoms with Gasteiger partial charge in [0.2, 0.25) is 10.5 Å². The number of benzene rings is 1. The molecule has 0 saturated heterocycles. The van der Waals surface area contributed by atoms with Gasteiger partial charge >= 0.3 is 23.2 Å². The van der Waals surface area contributed by atoms with Crippen LogP contribution in [0.5, 0.6) is 0 Å². The molecule has 30 heavy (non-hydrogen) atoms. The van der Waals surface area contributed by atoms with E-state index in [1.165, 1.54) is 25.7 Å². The van der Waals surface area contributed by atoms with Crippen molar-refractivity contribution in [3.63, 3.8) is 0 Å². The van der Waals surface area contributed by atoms with Gasteiger partial charge in [-0.3, -0.25) is 9.05 Å². The topological polar surface area (TPSA) is 112 Å². The molecule has 0 unspecified atom stereocenters. The van der Waals surface area contributed by atoms with E-state index in [2.05, 4.69) is 24.4 Å². The largest absolute Gasteiger partial charge is 0.362 e. The molecular weight excluding hydrogens is 380 g/mol. The van der Waals surface area contributed by atoms with Crippen LogP contribution in [-0.2, 0) is 13.1 Å². The number of unbranched alkanes of at least 4 members (excludes halogenated alkanes) is 6. The second-order valence-electron chi connectivity index (χ2n) is 7.72. The summed E-state index contributed by atoms with van der Waals surface area (Å²) in [5.41, 5.74) is 15.7. The molecule has 0 amide bonds. The van der Waals surface area contributed by atoms with Crippen LogP contribution in [0.3, 0.4) is 0 Å². The molecule has 1 aromatic carbocycles. The van der Waals surface area contributed by atoms with Gasteiger partial charge in [-0.15, -0.1) is 0 Å². The molecule has 0 radical (unpaired) electrons. The summed E-state index contributed by atoms with van der Waals surface area (Å²) in [5.74, 6) is 0.627. The number of nitrogens with zero attached hydrogens (tertiary/aromatic N) is 4. The lowest BCUT2D eigenvalue weighted by Crippen LogP contribution is -2.38. The maximum absolute atomic E-state index is 6.12. The standard InChI is InChI=1S/C22H34N6O2/c1-3-5-7-9-14-27-19(21(23)29-25-27)17-12-11-13-18(16-17)20-22(24)30-26-28(20)15-10-8-6-4-2/h11-13,16H,3-10,14-15,23-24H2,1-2H3/q+2. The van der Waals surface area contributed by atoms with Crippen molar-refractivity contribution in [3.8, 4) is 22.5 Å². The molecule has 0 bridgehead atoms. The van der Waals surface area contributed by atoms with Gasteiger partial charge < -0.3 is 11.5 Å². The van der Waals surface area contributed by atoms with E-state index in [0.717, 1.165) is 61.3 Å². The van der Waals surface area contributed by atoms with E-state index >= 15 is 0 Å². The first kappa shape index (κ1) is 21.8. The Bertz CT molecular complexity index is 862. The zero-order valence-corrected chi connectivity index (χ0v) is 18.1. The van der Waals surface area contributed by atoms with Crippen molar-refractivity contribution in [2.75, 3.05) is 11.5 Å². The summed E-state index contributed by atoms with van der Waals surface area (Å²) in [6, 6.07) is 8.03. The van der Waals surface area contributed by atoms with E-state index in [9.17, 15) is 0 Å². The molecular formula is C22H34N6O2+2. The Labute approximate surface area is 177 Å². The van der Waals surface area contributed by atoms with Crippen LogP contribution in [0.4, 0.5) is 11.8 Å². The van der Waals surface area contributed by atoms with Gasteiger partial charge in [-0.25, -0.2) is 0 Å². The van der Waals surface area contributed by atoms with Gasteiger partial charge in [0.05, 0.1) is 11.1 Å². The van der Waals surface area contributed by atoms with Crippen molar-refractivity contribution < 1.29 is 18.4 Å². The Morgan fingerprint density at radius 1 is 0.733 bits per heavy atom. The van der Waals surface area contributed by atoms with Gasteiger partial charge in [0.15, 0.2) is 13.1 Å². The lowest BCUT2D eigenvalue weighted by molar-refractivity contribution is -0.753. The summed E-state index contributed by atoms with van der Waals surface area (Å²) >= 11 is 0. The third-order valence-corrected chi connectivity index (χ3v) is 5.31. The smallest absolute Gasteiger partial charge is 0.304 e. The fraction of sp³-hybridized carbons (Fsp3) is 0.545.